The van der Waals surface area contributed by atoms with E-state index in [1.807, 2.05) is 0 Å². The van der Waals surface area contributed by atoms with Gasteiger partial charge in [0.25, 0.3) is 0 Å². The zero-order valence-corrected chi connectivity index (χ0v) is 5.93. The van der Waals surface area contributed by atoms with Crippen LogP contribution in [0.25, 0.3) is 0 Å². The summed E-state index contributed by atoms with van der Waals surface area (Å²) in [6.45, 7) is 2.47. The van der Waals surface area contributed by atoms with Crippen LogP contribution in [0.5, 0.6) is 0 Å². The zero-order chi connectivity index (χ0) is 6.91. The highest BCUT2D eigenvalue weighted by Crippen LogP contribution is 2.57. The topological polar surface area (TPSA) is 20.2 Å². The summed E-state index contributed by atoms with van der Waals surface area (Å²) in [5.41, 5.74) is 0.328. The molecule has 1 aliphatic rings. The van der Waals surface area contributed by atoms with Crippen molar-refractivity contribution in [2.45, 2.75) is 26.1 Å². The summed E-state index contributed by atoms with van der Waals surface area (Å²) in [6, 6.07) is 0. The van der Waals surface area contributed by atoms with E-state index in [0.29, 0.717) is 17.9 Å². The van der Waals surface area contributed by atoms with E-state index in [2.05, 4.69) is 6.92 Å². The molecule has 1 saturated carbocycles. The molecule has 1 N–H and O–H groups in total. The van der Waals surface area contributed by atoms with Gasteiger partial charge in [0.15, 0.2) is 0 Å². The van der Waals surface area contributed by atoms with E-state index in [1.54, 1.807) is 0 Å². The average molecular weight is 124 g/mol. The molecule has 0 aromatic carbocycles. The molecule has 9 heavy (non-hydrogen) atoms. The summed E-state index contributed by atoms with van der Waals surface area (Å²) in [6.07, 6.45) is 3.00. The molecule has 50 valence electrons. The molecule has 1 nitrogen and oxygen atoms in total. The van der Waals surface area contributed by atoms with Gasteiger partial charge >= 0.3 is 0 Å². The molecule has 0 amide bonds. The second-order valence-electron chi connectivity index (χ2n) is 3.00. The molecule has 0 saturated heterocycles. The van der Waals surface area contributed by atoms with Crippen molar-refractivity contribution in [1.29, 1.82) is 0 Å². The smallest absolute Gasteiger partial charge is 0.0660 e. The molecule has 0 spiro atoms. The molecule has 0 aromatic heterocycles. The van der Waals surface area contributed by atoms with E-state index in [-0.39, 0.29) is 0 Å². The Morgan fingerprint density at radius 1 is 1.78 bits per heavy atom. The second-order valence-corrected chi connectivity index (χ2v) is 3.00. The molecule has 0 aliphatic heterocycles. The van der Waals surface area contributed by atoms with Crippen LogP contribution < -0.4 is 0 Å². The Morgan fingerprint density at radius 3 is 2.56 bits per heavy atom. The fourth-order valence-corrected chi connectivity index (χ4v) is 1.52. The van der Waals surface area contributed by atoms with E-state index in [4.69, 9.17) is 13.0 Å². The SMILES string of the molecule is [B]CC1(CC)CC1CO. The Hall–Kier alpha value is 0.0249. The Kier molecular flexibility index (Phi) is 1.85. The molecular formula is C7H13BO. The van der Waals surface area contributed by atoms with Gasteiger partial charge < -0.3 is 5.11 Å². The van der Waals surface area contributed by atoms with Crippen LogP contribution in [0, 0.1) is 11.3 Å². The third kappa shape index (κ3) is 1.01. The van der Waals surface area contributed by atoms with Crippen LogP contribution >= 0.6 is 0 Å². The number of rotatable bonds is 3. The van der Waals surface area contributed by atoms with Crippen LogP contribution in [-0.2, 0) is 0 Å². The van der Waals surface area contributed by atoms with Gasteiger partial charge in [-0.3, -0.25) is 0 Å². The van der Waals surface area contributed by atoms with Crippen molar-refractivity contribution < 1.29 is 5.11 Å². The molecular weight excluding hydrogens is 111 g/mol. The van der Waals surface area contributed by atoms with Gasteiger partial charge in [-0.2, -0.15) is 0 Å². The van der Waals surface area contributed by atoms with Crippen molar-refractivity contribution in [1.82, 2.24) is 0 Å². The third-order valence-electron chi connectivity index (χ3n) is 2.69. The van der Waals surface area contributed by atoms with Crippen LogP contribution in [-0.4, -0.2) is 19.6 Å². The summed E-state index contributed by atoms with van der Waals surface area (Å²) in [7, 11) is 5.53. The normalized spacial score (nSPS) is 40.9. The summed E-state index contributed by atoms with van der Waals surface area (Å²) in [5, 5.41) is 8.75. The molecule has 1 rings (SSSR count). The Balaban J connectivity index is 2.37. The van der Waals surface area contributed by atoms with Crippen molar-refractivity contribution in [2.24, 2.45) is 11.3 Å². The standard InChI is InChI=1S/C7H13BO/c1-2-7(5-8)3-6(7)4-9/h6,9H,2-5H2,1H3. The minimum absolute atomic E-state index is 0.324. The highest BCUT2D eigenvalue weighted by molar-refractivity contribution is 6.09. The van der Waals surface area contributed by atoms with Crippen LogP contribution in [0.2, 0.25) is 6.32 Å². The molecule has 2 radical (unpaired) electrons. The lowest BCUT2D eigenvalue weighted by atomic mass is 9.84. The zero-order valence-electron chi connectivity index (χ0n) is 5.93. The lowest BCUT2D eigenvalue weighted by Gasteiger charge is -2.09. The third-order valence-corrected chi connectivity index (χ3v) is 2.69. The van der Waals surface area contributed by atoms with E-state index in [0.717, 1.165) is 19.2 Å². The van der Waals surface area contributed by atoms with Crippen molar-refractivity contribution in [3.05, 3.63) is 0 Å². The van der Waals surface area contributed by atoms with Crippen LogP contribution in [0.15, 0.2) is 0 Å². The molecule has 0 aromatic rings. The Bertz CT molecular complexity index is 99.1. The minimum atomic E-state index is 0.324. The van der Waals surface area contributed by atoms with E-state index in [1.165, 1.54) is 0 Å². The molecule has 2 heteroatoms. The first-order valence-corrected chi connectivity index (χ1v) is 3.60. The molecule has 0 heterocycles. The maximum absolute atomic E-state index is 8.75. The number of hydrogen-bond acceptors (Lipinski definition) is 1. The van der Waals surface area contributed by atoms with Gasteiger partial charge in [0.2, 0.25) is 0 Å². The van der Waals surface area contributed by atoms with Gasteiger partial charge in [0.05, 0.1) is 7.85 Å². The number of hydrogen-bond donors (Lipinski definition) is 1. The van der Waals surface area contributed by atoms with Gasteiger partial charge in [-0.25, -0.2) is 0 Å². The van der Waals surface area contributed by atoms with Crippen molar-refractivity contribution >= 4 is 7.85 Å². The maximum atomic E-state index is 8.75. The first-order chi connectivity index (χ1) is 4.29. The predicted octanol–water partition coefficient (Wildman–Crippen LogP) is 0.982. The van der Waals surface area contributed by atoms with Crippen molar-refractivity contribution in [3.8, 4) is 0 Å². The molecule has 1 fully saturated rings. The van der Waals surface area contributed by atoms with Crippen LogP contribution in [0.4, 0.5) is 0 Å². The lowest BCUT2D eigenvalue weighted by molar-refractivity contribution is 0.252. The molecule has 1 aliphatic carbocycles. The molecule has 2 unspecified atom stereocenters. The Morgan fingerprint density at radius 2 is 2.44 bits per heavy atom. The van der Waals surface area contributed by atoms with E-state index >= 15 is 0 Å². The van der Waals surface area contributed by atoms with Crippen LogP contribution in [0.3, 0.4) is 0 Å². The summed E-state index contributed by atoms with van der Waals surface area (Å²) in [5.74, 6) is 0.507. The fourth-order valence-electron chi connectivity index (χ4n) is 1.52. The lowest BCUT2D eigenvalue weighted by Crippen LogP contribution is -2.03. The highest BCUT2D eigenvalue weighted by Gasteiger charge is 2.49. The second kappa shape index (κ2) is 2.33. The minimum Gasteiger partial charge on any atom is -0.396 e. The summed E-state index contributed by atoms with van der Waals surface area (Å²) >= 11 is 0. The van der Waals surface area contributed by atoms with E-state index < -0.39 is 0 Å². The monoisotopic (exact) mass is 124 g/mol. The fraction of sp³-hybridized carbons (Fsp3) is 1.00. The molecule has 2 atom stereocenters. The summed E-state index contributed by atoms with van der Waals surface area (Å²) in [4.78, 5) is 0. The van der Waals surface area contributed by atoms with Gasteiger partial charge in [0.1, 0.15) is 0 Å². The van der Waals surface area contributed by atoms with Gasteiger partial charge in [-0.1, -0.05) is 19.7 Å². The van der Waals surface area contributed by atoms with Crippen molar-refractivity contribution in [2.75, 3.05) is 6.61 Å². The number of aliphatic hydroxyl groups excluding tert-OH is 1. The first-order valence-electron chi connectivity index (χ1n) is 3.60. The predicted molar refractivity (Wildman–Crippen MR) is 38.5 cm³/mol. The summed E-state index contributed by atoms with van der Waals surface area (Å²) < 4.78 is 0. The average Bonchev–Trinajstić information content (AvgIpc) is 2.63. The highest BCUT2D eigenvalue weighted by atomic mass is 16.3. The quantitative estimate of drug-likeness (QED) is 0.556. The Labute approximate surface area is 57.9 Å². The van der Waals surface area contributed by atoms with Crippen LogP contribution in [0.1, 0.15) is 19.8 Å². The molecule has 0 bridgehead atoms. The largest absolute Gasteiger partial charge is 0.396 e. The van der Waals surface area contributed by atoms with Gasteiger partial charge in [0, 0.05) is 6.61 Å². The number of aliphatic hydroxyl groups is 1. The first kappa shape index (κ1) is 7.14. The van der Waals surface area contributed by atoms with Gasteiger partial charge in [-0.15, -0.1) is 0 Å². The van der Waals surface area contributed by atoms with Crippen molar-refractivity contribution in [3.63, 3.8) is 0 Å². The maximum Gasteiger partial charge on any atom is 0.0660 e. The van der Waals surface area contributed by atoms with E-state index in [9.17, 15) is 0 Å². The van der Waals surface area contributed by atoms with Gasteiger partial charge in [-0.05, 0) is 17.8 Å².